The van der Waals surface area contributed by atoms with E-state index in [4.69, 9.17) is 0 Å². The predicted octanol–water partition coefficient (Wildman–Crippen LogP) is 2.91. The summed E-state index contributed by atoms with van der Waals surface area (Å²) in [5.41, 5.74) is 1.52. The Bertz CT molecular complexity index is 269. The van der Waals surface area contributed by atoms with E-state index in [1.165, 1.54) is 0 Å². The third-order valence-electron chi connectivity index (χ3n) is 1.88. The molecule has 0 aliphatic rings. The lowest BCUT2D eigenvalue weighted by Crippen LogP contribution is -1.98. The Kier molecular flexibility index (Phi) is 2.79. The van der Waals surface area contributed by atoms with E-state index < -0.39 is 0 Å². The smallest absolute Gasteiger partial charge is 0.145 e. The first-order valence-corrected chi connectivity index (χ1v) is 4.29. The first-order chi connectivity index (χ1) is 5.65. The third-order valence-corrected chi connectivity index (χ3v) is 1.88. The van der Waals surface area contributed by atoms with E-state index in [2.05, 4.69) is 4.98 Å². The van der Waals surface area contributed by atoms with Crippen LogP contribution in [0.2, 0.25) is 0 Å². The van der Waals surface area contributed by atoms with Crippen molar-refractivity contribution in [3.05, 3.63) is 29.3 Å². The number of hydrogen-bond acceptors (Lipinski definition) is 1. The molecule has 0 saturated carbocycles. The van der Waals surface area contributed by atoms with Crippen LogP contribution in [0.3, 0.4) is 0 Å². The minimum atomic E-state index is -0.177. The maximum absolute atomic E-state index is 13.2. The zero-order chi connectivity index (χ0) is 9.14. The fraction of sp³-hybridized carbons (Fsp3) is 0.500. The van der Waals surface area contributed by atoms with Gasteiger partial charge in [-0.1, -0.05) is 20.8 Å². The highest BCUT2D eigenvalue weighted by Gasteiger charge is 2.07. The van der Waals surface area contributed by atoms with Crippen molar-refractivity contribution in [3.8, 4) is 0 Å². The molecule has 0 radical (unpaired) electrons. The SMILES string of the molecule is CCc1cnc(C(C)C)c(F)c1. The van der Waals surface area contributed by atoms with E-state index >= 15 is 0 Å². The second kappa shape index (κ2) is 3.65. The van der Waals surface area contributed by atoms with Gasteiger partial charge in [-0.3, -0.25) is 4.98 Å². The van der Waals surface area contributed by atoms with Gasteiger partial charge in [0.25, 0.3) is 0 Å². The lowest BCUT2D eigenvalue weighted by Gasteiger charge is -2.06. The summed E-state index contributed by atoms with van der Waals surface area (Å²) >= 11 is 0. The van der Waals surface area contributed by atoms with Crippen molar-refractivity contribution in [2.75, 3.05) is 0 Å². The second-order valence-electron chi connectivity index (χ2n) is 3.22. The first kappa shape index (κ1) is 9.17. The van der Waals surface area contributed by atoms with Gasteiger partial charge < -0.3 is 0 Å². The molecule has 0 bridgehead atoms. The van der Waals surface area contributed by atoms with Gasteiger partial charge >= 0.3 is 0 Å². The number of rotatable bonds is 2. The van der Waals surface area contributed by atoms with Gasteiger partial charge in [0.1, 0.15) is 5.82 Å². The van der Waals surface area contributed by atoms with Gasteiger partial charge in [-0.2, -0.15) is 0 Å². The highest BCUT2D eigenvalue weighted by Crippen LogP contribution is 2.16. The number of nitrogens with zero attached hydrogens (tertiary/aromatic N) is 1. The van der Waals surface area contributed by atoms with Crippen LogP contribution in [-0.2, 0) is 6.42 Å². The molecule has 0 amide bonds. The number of halogens is 1. The standard InChI is InChI=1S/C10H14FN/c1-4-8-5-9(11)10(7(2)3)12-6-8/h5-7H,4H2,1-3H3. The summed E-state index contributed by atoms with van der Waals surface area (Å²) in [7, 11) is 0. The summed E-state index contributed by atoms with van der Waals surface area (Å²) in [6.07, 6.45) is 2.58. The van der Waals surface area contributed by atoms with E-state index in [9.17, 15) is 4.39 Å². The monoisotopic (exact) mass is 167 g/mol. The minimum Gasteiger partial charge on any atom is -0.258 e. The Balaban J connectivity index is 3.03. The summed E-state index contributed by atoms with van der Waals surface area (Å²) in [6, 6.07) is 1.57. The van der Waals surface area contributed by atoms with Crippen LogP contribution in [0.15, 0.2) is 12.3 Å². The lowest BCUT2D eigenvalue weighted by molar-refractivity contribution is 0.582. The Labute approximate surface area is 72.6 Å². The minimum absolute atomic E-state index is 0.163. The molecule has 1 aromatic rings. The van der Waals surface area contributed by atoms with E-state index in [0.29, 0.717) is 5.69 Å². The van der Waals surface area contributed by atoms with Crippen molar-refractivity contribution in [2.45, 2.75) is 33.1 Å². The summed E-state index contributed by atoms with van der Waals surface area (Å²) in [4.78, 5) is 4.07. The molecule has 0 spiro atoms. The van der Waals surface area contributed by atoms with Gasteiger partial charge in [0.15, 0.2) is 0 Å². The predicted molar refractivity (Wildman–Crippen MR) is 47.7 cm³/mol. The summed E-state index contributed by atoms with van der Waals surface area (Å²) < 4.78 is 13.2. The number of aryl methyl sites for hydroxylation is 1. The van der Waals surface area contributed by atoms with Crippen LogP contribution in [0.25, 0.3) is 0 Å². The largest absolute Gasteiger partial charge is 0.258 e. The highest BCUT2D eigenvalue weighted by molar-refractivity contribution is 5.18. The summed E-state index contributed by atoms with van der Waals surface area (Å²) in [5, 5.41) is 0. The molecule has 2 heteroatoms. The second-order valence-corrected chi connectivity index (χ2v) is 3.22. The maximum atomic E-state index is 13.2. The van der Waals surface area contributed by atoms with Crippen LogP contribution in [0.1, 0.15) is 37.9 Å². The zero-order valence-corrected chi connectivity index (χ0v) is 7.76. The number of pyridine rings is 1. The van der Waals surface area contributed by atoms with Crippen molar-refractivity contribution in [1.82, 2.24) is 4.98 Å². The van der Waals surface area contributed by atoms with Gasteiger partial charge in [-0.25, -0.2) is 4.39 Å². The fourth-order valence-electron chi connectivity index (χ4n) is 1.11. The summed E-state index contributed by atoms with van der Waals surface area (Å²) in [6.45, 7) is 5.87. The van der Waals surface area contributed by atoms with Gasteiger partial charge in [0, 0.05) is 6.20 Å². The van der Waals surface area contributed by atoms with Gasteiger partial charge in [-0.15, -0.1) is 0 Å². The number of aromatic nitrogens is 1. The molecule has 0 aliphatic heterocycles. The average Bonchev–Trinajstić information content (AvgIpc) is 2.03. The molecule has 12 heavy (non-hydrogen) atoms. The Morgan fingerprint density at radius 3 is 2.58 bits per heavy atom. The molecule has 0 N–H and O–H groups in total. The van der Waals surface area contributed by atoms with Crippen molar-refractivity contribution >= 4 is 0 Å². The fourth-order valence-corrected chi connectivity index (χ4v) is 1.11. The van der Waals surface area contributed by atoms with Gasteiger partial charge in [0.05, 0.1) is 5.69 Å². The average molecular weight is 167 g/mol. The third kappa shape index (κ3) is 1.81. The topological polar surface area (TPSA) is 12.9 Å². The van der Waals surface area contributed by atoms with Gasteiger partial charge in [0.2, 0.25) is 0 Å². The van der Waals surface area contributed by atoms with E-state index in [0.717, 1.165) is 12.0 Å². The van der Waals surface area contributed by atoms with Crippen LogP contribution in [0.5, 0.6) is 0 Å². The molecule has 0 fully saturated rings. The molecule has 0 aliphatic carbocycles. The summed E-state index contributed by atoms with van der Waals surface area (Å²) in [5.74, 6) is -0.0137. The quantitative estimate of drug-likeness (QED) is 0.660. The Morgan fingerprint density at radius 1 is 1.50 bits per heavy atom. The molecular formula is C10H14FN. The maximum Gasteiger partial charge on any atom is 0.145 e. The normalized spacial score (nSPS) is 10.8. The molecular weight excluding hydrogens is 153 g/mol. The molecule has 0 atom stereocenters. The van der Waals surface area contributed by atoms with Crippen molar-refractivity contribution < 1.29 is 4.39 Å². The first-order valence-electron chi connectivity index (χ1n) is 4.29. The molecule has 66 valence electrons. The van der Waals surface area contributed by atoms with Crippen molar-refractivity contribution in [3.63, 3.8) is 0 Å². The lowest BCUT2D eigenvalue weighted by atomic mass is 10.1. The van der Waals surface area contributed by atoms with E-state index in [1.54, 1.807) is 12.3 Å². The molecule has 1 nitrogen and oxygen atoms in total. The highest BCUT2D eigenvalue weighted by atomic mass is 19.1. The molecule has 0 aromatic carbocycles. The van der Waals surface area contributed by atoms with Crippen LogP contribution < -0.4 is 0 Å². The van der Waals surface area contributed by atoms with E-state index in [1.807, 2.05) is 20.8 Å². The van der Waals surface area contributed by atoms with Gasteiger partial charge in [-0.05, 0) is 24.0 Å². The molecule has 1 heterocycles. The Morgan fingerprint density at radius 2 is 2.17 bits per heavy atom. The van der Waals surface area contributed by atoms with E-state index in [-0.39, 0.29) is 11.7 Å². The van der Waals surface area contributed by atoms with Crippen molar-refractivity contribution in [1.29, 1.82) is 0 Å². The van der Waals surface area contributed by atoms with Crippen LogP contribution in [-0.4, -0.2) is 4.98 Å². The molecule has 0 saturated heterocycles. The van der Waals surface area contributed by atoms with Crippen LogP contribution in [0, 0.1) is 5.82 Å². The molecule has 0 unspecified atom stereocenters. The number of hydrogen-bond donors (Lipinski definition) is 0. The Hall–Kier alpha value is -0.920. The van der Waals surface area contributed by atoms with Crippen molar-refractivity contribution in [2.24, 2.45) is 0 Å². The zero-order valence-electron chi connectivity index (χ0n) is 7.76. The molecule has 1 aromatic heterocycles. The van der Waals surface area contributed by atoms with Crippen LogP contribution >= 0.6 is 0 Å². The van der Waals surface area contributed by atoms with Crippen LogP contribution in [0.4, 0.5) is 4.39 Å². The molecule has 1 rings (SSSR count).